The Labute approximate surface area is 118 Å². The minimum absolute atomic E-state index is 0.148. The van der Waals surface area contributed by atoms with E-state index in [9.17, 15) is 4.39 Å². The van der Waals surface area contributed by atoms with E-state index in [0.29, 0.717) is 23.7 Å². The molecule has 2 aromatic carbocycles. The molecule has 0 aromatic heterocycles. The minimum Gasteiger partial charge on any atom is -0.490 e. The van der Waals surface area contributed by atoms with Crippen LogP contribution in [0.4, 0.5) is 4.39 Å². The highest BCUT2D eigenvalue weighted by Crippen LogP contribution is 2.36. The maximum absolute atomic E-state index is 14.0. The third-order valence-corrected chi connectivity index (χ3v) is 2.85. The highest BCUT2D eigenvalue weighted by Gasteiger charge is 2.15. The number of halogens is 1. The summed E-state index contributed by atoms with van der Waals surface area (Å²) >= 11 is 0. The van der Waals surface area contributed by atoms with Crippen LogP contribution in [0, 0.1) is 5.82 Å². The third-order valence-electron chi connectivity index (χ3n) is 2.85. The van der Waals surface area contributed by atoms with Gasteiger partial charge in [-0.3, -0.25) is 0 Å². The van der Waals surface area contributed by atoms with Gasteiger partial charge < -0.3 is 15.2 Å². The third kappa shape index (κ3) is 3.08. The van der Waals surface area contributed by atoms with Crippen LogP contribution in [0.25, 0.3) is 0 Å². The van der Waals surface area contributed by atoms with E-state index in [1.165, 1.54) is 6.07 Å². The Balaban J connectivity index is 2.40. The molecule has 0 unspecified atom stereocenters. The van der Waals surface area contributed by atoms with E-state index in [-0.39, 0.29) is 11.8 Å². The van der Waals surface area contributed by atoms with Crippen molar-refractivity contribution in [1.82, 2.24) is 0 Å². The van der Waals surface area contributed by atoms with Gasteiger partial charge in [0.2, 0.25) is 0 Å². The summed E-state index contributed by atoms with van der Waals surface area (Å²) in [4.78, 5) is 0. The molecule has 0 aliphatic rings. The molecule has 0 saturated heterocycles. The molecule has 0 aliphatic heterocycles. The molecule has 0 spiro atoms. The second-order valence-corrected chi connectivity index (χ2v) is 4.43. The Morgan fingerprint density at radius 3 is 2.45 bits per heavy atom. The van der Waals surface area contributed by atoms with Crippen molar-refractivity contribution < 1.29 is 13.9 Å². The minimum atomic E-state index is -0.439. The molecule has 2 aromatic rings. The summed E-state index contributed by atoms with van der Waals surface area (Å²) in [6.45, 7) is 4.18. The van der Waals surface area contributed by atoms with Gasteiger partial charge in [0.15, 0.2) is 23.1 Å². The van der Waals surface area contributed by atoms with Gasteiger partial charge in [-0.25, -0.2) is 4.39 Å². The van der Waals surface area contributed by atoms with Crippen molar-refractivity contribution in [3.05, 3.63) is 53.8 Å². The molecule has 3 nitrogen and oxygen atoms in total. The molecule has 0 heterocycles. The molecule has 106 valence electrons. The Morgan fingerprint density at radius 1 is 1.10 bits per heavy atom. The molecule has 1 atom stereocenters. The van der Waals surface area contributed by atoms with Crippen molar-refractivity contribution in [2.24, 2.45) is 5.73 Å². The normalized spacial score (nSPS) is 12.0. The van der Waals surface area contributed by atoms with Crippen LogP contribution >= 0.6 is 0 Å². The topological polar surface area (TPSA) is 44.5 Å². The lowest BCUT2D eigenvalue weighted by atomic mass is 10.1. The molecule has 0 aliphatic carbocycles. The SMILES string of the molecule is CCOc1ccccc1Oc1c(F)cccc1[C@H](C)N. The van der Waals surface area contributed by atoms with Crippen molar-refractivity contribution >= 4 is 0 Å². The summed E-state index contributed by atoms with van der Waals surface area (Å²) in [7, 11) is 0. The van der Waals surface area contributed by atoms with Crippen molar-refractivity contribution in [3.8, 4) is 17.2 Å². The molecule has 0 bridgehead atoms. The summed E-state index contributed by atoms with van der Waals surface area (Å²) in [5, 5.41) is 0. The molecule has 0 saturated carbocycles. The predicted octanol–water partition coefficient (Wildman–Crippen LogP) is 4.04. The largest absolute Gasteiger partial charge is 0.490 e. The average molecular weight is 275 g/mol. The summed E-state index contributed by atoms with van der Waals surface area (Å²) in [5.41, 5.74) is 6.48. The average Bonchev–Trinajstić information content (AvgIpc) is 2.43. The fourth-order valence-electron chi connectivity index (χ4n) is 1.91. The van der Waals surface area contributed by atoms with Gasteiger partial charge in [0.05, 0.1) is 6.61 Å². The quantitative estimate of drug-likeness (QED) is 0.895. The molecule has 0 amide bonds. The summed E-state index contributed by atoms with van der Waals surface area (Å²) in [5.74, 6) is 0.760. The molecular formula is C16H18FNO2. The lowest BCUT2D eigenvalue weighted by Crippen LogP contribution is -2.08. The van der Waals surface area contributed by atoms with E-state index in [0.717, 1.165) is 0 Å². The summed E-state index contributed by atoms with van der Waals surface area (Å²) in [6, 6.07) is 11.6. The van der Waals surface area contributed by atoms with E-state index in [2.05, 4.69) is 0 Å². The van der Waals surface area contributed by atoms with Gasteiger partial charge in [0, 0.05) is 11.6 Å². The lowest BCUT2D eigenvalue weighted by molar-refractivity contribution is 0.318. The van der Waals surface area contributed by atoms with Gasteiger partial charge >= 0.3 is 0 Å². The molecule has 0 radical (unpaired) electrons. The fraction of sp³-hybridized carbons (Fsp3) is 0.250. The van der Waals surface area contributed by atoms with E-state index in [4.69, 9.17) is 15.2 Å². The summed E-state index contributed by atoms with van der Waals surface area (Å²) < 4.78 is 25.2. The Bertz CT molecular complexity index is 584. The number of hydrogen-bond acceptors (Lipinski definition) is 3. The van der Waals surface area contributed by atoms with Gasteiger partial charge in [-0.05, 0) is 32.0 Å². The van der Waals surface area contributed by atoms with E-state index in [1.54, 1.807) is 31.2 Å². The zero-order valence-electron chi connectivity index (χ0n) is 11.6. The second-order valence-electron chi connectivity index (χ2n) is 4.43. The smallest absolute Gasteiger partial charge is 0.169 e. The Kier molecular flexibility index (Phi) is 4.58. The zero-order valence-corrected chi connectivity index (χ0v) is 11.6. The van der Waals surface area contributed by atoms with Crippen LogP contribution in [-0.4, -0.2) is 6.61 Å². The fourth-order valence-corrected chi connectivity index (χ4v) is 1.91. The van der Waals surface area contributed by atoms with Crippen molar-refractivity contribution in [3.63, 3.8) is 0 Å². The standard InChI is InChI=1S/C16H18FNO2/c1-3-19-14-9-4-5-10-15(14)20-16-12(11(2)18)7-6-8-13(16)17/h4-11H,3,18H2,1-2H3/t11-/m0/s1. The van der Waals surface area contributed by atoms with Gasteiger partial charge in [-0.1, -0.05) is 24.3 Å². The van der Waals surface area contributed by atoms with Crippen LogP contribution in [0.3, 0.4) is 0 Å². The number of ether oxygens (including phenoxy) is 2. The van der Waals surface area contributed by atoms with E-state index < -0.39 is 5.82 Å². The molecule has 20 heavy (non-hydrogen) atoms. The highest BCUT2D eigenvalue weighted by molar-refractivity contribution is 5.46. The predicted molar refractivity (Wildman–Crippen MR) is 76.7 cm³/mol. The zero-order chi connectivity index (χ0) is 14.5. The number of rotatable bonds is 5. The Hall–Kier alpha value is -2.07. The van der Waals surface area contributed by atoms with Crippen molar-refractivity contribution in [2.45, 2.75) is 19.9 Å². The second kappa shape index (κ2) is 6.39. The molecule has 4 heteroatoms. The maximum Gasteiger partial charge on any atom is 0.169 e. The molecule has 2 N–H and O–H groups in total. The lowest BCUT2D eigenvalue weighted by Gasteiger charge is -2.16. The number of para-hydroxylation sites is 3. The van der Waals surface area contributed by atoms with Crippen LogP contribution < -0.4 is 15.2 Å². The van der Waals surface area contributed by atoms with Crippen LogP contribution in [0.15, 0.2) is 42.5 Å². The monoisotopic (exact) mass is 275 g/mol. The van der Waals surface area contributed by atoms with Crippen molar-refractivity contribution in [1.29, 1.82) is 0 Å². The molecule has 2 rings (SSSR count). The first kappa shape index (κ1) is 14.3. The van der Waals surface area contributed by atoms with Crippen LogP contribution in [0.5, 0.6) is 17.2 Å². The van der Waals surface area contributed by atoms with Crippen LogP contribution in [-0.2, 0) is 0 Å². The van der Waals surface area contributed by atoms with E-state index in [1.807, 2.05) is 19.1 Å². The molecule has 0 fully saturated rings. The van der Waals surface area contributed by atoms with Gasteiger partial charge in [0.25, 0.3) is 0 Å². The van der Waals surface area contributed by atoms with E-state index >= 15 is 0 Å². The van der Waals surface area contributed by atoms with Crippen LogP contribution in [0.1, 0.15) is 25.5 Å². The van der Waals surface area contributed by atoms with Gasteiger partial charge in [-0.2, -0.15) is 0 Å². The van der Waals surface area contributed by atoms with Crippen LogP contribution in [0.2, 0.25) is 0 Å². The first-order valence-electron chi connectivity index (χ1n) is 6.57. The molecular weight excluding hydrogens is 257 g/mol. The van der Waals surface area contributed by atoms with Gasteiger partial charge in [0.1, 0.15) is 0 Å². The van der Waals surface area contributed by atoms with Crippen molar-refractivity contribution in [2.75, 3.05) is 6.61 Å². The first-order valence-corrected chi connectivity index (χ1v) is 6.57. The Morgan fingerprint density at radius 2 is 1.80 bits per heavy atom. The number of hydrogen-bond donors (Lipinski definition) is 1. The summed E-state index contributed by atoms with van der Waals surface area (Å²) in [6.07, 6.45) is 0. The van der Waals surface area contributed by atoms with Gasteiger partial charge in [-0.15, -0.1) is 0 Å². The number of nitrogens with two attached hydrogens (primary N) is 1. The number of benzene rings is 2. The highest BCUT2D eigenvalue weighted by atomic mass is 19.1. The maximum atomic E-state index is 14.0. The first-order chi connectivity index (χ1) is 9.63.